The summed E-state index contributed by atoms with van der Waals surface area (Å²) in [6.45, 7) is 0. The van der Waals surface area contributed by atoms with E-state index in [2.05, 4.69) is 41.9 Å². The van der Waals surface area contributed by atoms with Crippen LogP contribution in [-0.2, 0) is 0 Å². The molecule has 0 bridgehead atoms. The van der Waals surface area contributed by atoms with Crippen molar-refractivity contribution in [2.75, 3.05) is 11.0 Å². The minimum atomic E-state index is -0.0744. The molecule has 3 rings (SSSR count). The van der Waals surface area contributed by atoms with Gasteiger partial charge in [0.25, 0.3) is 0 Å². The Labute approximate surface area is 134 Å². The highest BCUT2D eigenvalue weighted by Gasteiger charge is 2.06. The first-order chi connectivity index (χ1) is 11.6. The molecule has 104 valence electrons. The van der Waals surface area contributed by atoms with E-state index < -0.39 is 0 Å². The maximum absolute atomic E-state index is 8.37. The normalized spacial score (nSPS) is 12.1. The number of hydrogen-bond donors (Lipinski definition) is 2. The molecule has 0 saturated heterocycles. The monoisotopic (exact) mass is 347 g/mol. The summed E-state index contributed by atoms with van der Waals surface area (Å²) in [7, 11) is 0. The highest BCUT2D eigenvalue weighted by molar-refractivity contribution is 9.10. The number of aromatic nitrogens is 3. The van der Waals surface area contributed by atoms with E-state index in [-0.39, 0.29) is 35.1 Å². The van der Waals surface area contributed by atoms with Crippen LogP contribution in [0, 0.1) is 0 Å². The molecule has 0 saturated carbocycles. The van der Waals surface area contributed by atoms with Gasteiger partial charge in [-0.3, -0.25) is 0 Å². The van der Waals surface area contributed by atoms with Crippen LogP contribution in [0.15, 0.2) is 59.3 Å². The van der Waals surface area contributed by atoms with Gasteiger partial charge in [-0.15, -0.1) is 0 Å². The average Bonchev–Trinajstić information content (AvgIpc) is 2.60. The summed E-state index contributed by atoms with van der Waals surface area (Å²) in [5.41, 5.74) is 3.25. The Balaban J connectivity index is 2.14. The van der Waals surface area contributed by atoms with E-state index in [4.69, 9.17) is 4.15 Å². The molecule has 0 aliphatic rings. The maximum Gasteiger partial charge on any atom is 0.178 e. The molecule has 0 aliphatic carbocycles. The minimum Gasteiger partial charge on any atom is -0.384 e. The second-order valence-corrected chi connectivity index (χ2v) is 5.06. The van der Waals surface area contributed by atoms with Crippen molar-refractivity contribution < 1.29 is 4.15 Å². The first kappa shape index (κ1) is 10.3. The van der Waals surface area contributed by atoms with Crippen molar-refractivity contribution in [2.24, 2.45) is 0 Å². The number of pyridine rings is 1. The van der Waals surface area contributed by atoms with E-state index >= 15 is 0 Å². The van der Waals surface area contributed by atoms with Crippen molar-refractivity contribution in [3.05, 3.63) is 59.3 Å². The molecule has 3 N–H and O–H groups in total. The molecule has 3 aromatic rings. The Kier molecular flexibility index (Phi) is 2.88. The molecule has 0 unspecified atom stereocenters. The average molecular weight is 348 g/mol. The van der Waals surface area contributed by atoms with Crippen molar-refractivity contribution in [3.8, 4) is 11.5 Å². The van der Waals surface area contributed by atoms with Gasteiger partial charge in [0.05, 0.1) is 2.74 Å². The van der Waals surface area contributed by atoms with Crippen LogP contribution in [0.4, 0.5) is 17.2 Å². The second-order valence-electron chi connectivity index (χ2n) is 4.14. The Morgan fingerprint density at radius 1 is 1.14 bits per heavy atom. The van der Waals surface area contributed by atoms with Gasteiger partial charge >= 0.3 is 0 Å². The number of nitrogen functional groups attached to an aromatic ring is 1. The molecule has 1 aromatic carbocycles. The summed E-state index contributed by atoms with van der Waals surface area (Å²) in [5.74, 6) is 0.280. The number of hydrogen-bond acceptors (Lipinski definition) is 5. The van der Waals surface area contributed by atoms with Crippen molar-refractivity contribution in [3.63, 3.8) is 0 Å². The summed E-state index contributed by atoms with van der Waals surface area (Å²) in [4.78, 5) is 12.3. The quantitative estimate of drug-likeness (QED) is 0.753. The van der Waals surface area contributed by atoms with Crippen molar-refractivity contribution in [2.45, 2.75) is 0 Å². The maximum atomic E-state index is 8.37. The molecule has 0 aliphatic heterocycles. The topological polar surface area (TPSA) is 76.7 Å². The molecule has 2 heterocycles. The predicted octanol–water partition coefficient (Wildman–Crippen LogP) is 3.63. The highest BCUT2D eigenvalue weighted by Crippen LogP contribution is 2.24. The van der Waals surface area contributed by atoms with Gasteiger partial charge in [0.1, 0.15) is 11.5 Å². The molecule has 6 heteroatoms. The molecular formula is C15H12BrN5. The van der Waals surface area contributed by atoms with Gasteiger partial charge in [-0.1, -0.05) is 22.0 Å². The molecular weight excluding hydrogens is 330 g/mol. The van der Waals surface area contributed by atoms with Crippen LogP contribution in [0.3, 0.4) is 0 Å². The third-order valence-corrected chi connectivity index (χ3v) is 3.08. The molecule has 0 radical (unpaired) electrons. The van der Waals surface area contributed by atoms with E-state index in [1.54, 1.807) is 18.5 Å². The summed E-state index contributed by atoms with van der Waals surface area (Å²) in [5, 5.41) is 3.04. The van der Waals surface area contributed by atoms with Crippen molar-refractivity contribution >= 4 is 33.1 Å². The lowest BCUT2D eigenvalue weighted by atomic mass is 10.2. The SMILES string of the molecule is [3H]Nc1nc(-c2ncccn2)c([3H])c(Nc2cccc(Br)c2)c1[3H]. The van der Waals surface area contributed by atoms with Crippen LogP contribution < -0.4 is 11.0 Å². The van der Waals surface area contributed by atoms with Gasteiger partial charge < -0.3 is 11.0 Å². The summed E-state index contributed by atoms with van der Waals surface area (Å²) < 4.78 is 24.8. The van der Waals surface area contributed by atoms with Crippen LogP contribution in [0.1, 0.15) is 2.74 Å². The van der Waals surface area contributed by atoms with Gasteiger partial charge in [0, 0.05) is 34.3 Å². The smallest absolute Gasteiger partial charge is 0.178 e. The predicted molar refractivity (Wildman–Crippen MR) is 87.1 cm³/mol. The number of nitrogens with two attached hydrogens (primary N) is 1. The number of nitrogens with one attached hydrogen (secondary N) is 1. The molecule has 2 aromatic heterocycles. The Hall–Kier alpha value is -2.47. The third kappa shape index (κ3) is 3.35. The lowest BCUT2D eigenvalue weighted by molar-refractivity contribution is 1.14. The van der Waals surface area contributed by atoms with E-state index in [1.807, 2.05) is 24.3 Å². The van der Waals surface area contributed by atoms with Gasteiger partial charge in [-0.25, -0.2) is 15.0 Å². The van der Waals surface area contributed by atoms with Crippen LogP contribution in [-0.4, -0.2) is 15.0 Å². The van der Waals surface area contributed by atoms with E-state index in [1.165, 1.54) is 0 Å². The summed E-state index contributed by atoms with van der Waals surface area (Å²) in [6, 6.07) is 8.94. The Morgan fingerprint density at radius 3 is 2.76 bits per heavy atom. The number of benzene rings is 1. The summed E-state index contributed by atoms with van der Waals surface area (Å²) in [6.07, 6.45) is 3.10. The van der Waals surface area contributed by atoms with E-state index in [0.717, 1.165) is 4.47 Å². The fourth-order valence-electron chi connectivity index (χ4n) is 1.74. The van der Waals surface area contributed by atoms with E-state index in [0.29, 0.717) is 5.69 Å². The van der Waals surface area contributed by atoms with Crippen molar-refractivity contribution in [1.29, 1.82) is 0 Å². The molecule has 0 amide bonds. The highest BCUT2D eigenvalue weighted by atomic mass is 79.9. The zero-order valence-corrected chi connectivity index (χ0v) is 12.3. The standard InChI is InChI=1S/C15H12BrN5/c16-10-3-1-4-11(7-10)20-12-8-13(21-14(17)9-12)15-18-5-2-6-19-15/h1-9H,(H3,17,20,21)/i8T,9T/hT. The van der Waals surface area contributed by atoms with Crippen LogP contribution in [0.5, 0.6) is 0 Å². The molecule has 21 heavy (non-hydrogen) atoms. The van der Waals surface area contributed by atoms with Crippen LogP contribution in [0.2, 0.25) is 1.41 Å². The first-order valence-electron chi connectivity index (χ1n) is 7.59. The molecule has 0 atom stereocenters. The third-order valence-electron chi connectivity index (χ3n) is 2.58. The fourth-order valence-corrected chi connectivity index (χ4v) is 2.14. The van der Waals surface area contributed by atoms with Crippen molar-refractivity contribution in [1.82, 2.24) is 15.0 Å². The van der Waals surface area contributed by atoms with Crippen LogP contribution >= 0.6 is 15.9 Å². The number of rotatable bonds is 4. The number of halogens is 1. The fraction of sp³-hybridized carbons (Fsp3) is 0. The number of nitrogens with zero attached hydrogens (tertiary/aromatic N) is 3. The molecule has 0 spiro atoms. The number of anilines is 3. The lowest BCUT2D eigenvalue weighted by Crippen LogP contribution is -1.99. The first-order valence-corrected chi connectivity index (χ1v) is 6.88. The van der Waals surface area contributed by atoms with Gasteiger partial charge in [-0.05, 0) is 30.3 Å². The lowest BCUT2D eigenvalue weighted by Gasteiger charge is -2.09. The zero-order valence-electron chi connectivity index (χ0n) is 13.8. The zero-order chi connectivity index (χ0) is 17.1. The minimum absolute atomic E-state index is 0.00910. The van der Waals surface area contributed by atoms with Gasteiger partial charge in [-0.2, -0.15) is 0 Å². The Bertz CT molecular complexity index is 876. The van der Waals surface area contributed by atoms with Gasteiger partial charge in [0.2, 0.25) is 0 Å². The second kappa shape index (κ2) is 5.88. The summed E-state index contributed by atoms with van der Waals surface area (Å²) >= 11 is 3.38. The largest absolute Gasteiger partial charge is 0.384 e. The van der Waals surface area contributed by atoms with E-state index in [9.17, 15) is 0 Å². The van der Waals surface area contributed by atoms with Crippen LogP contribution in [0.25, 0.3) is 11.5 Å². The Morgan fingerprint density at radius 2 is 2.00 bits per heavy atom. The molecule has 0 fully saturated rings. The molecule has 5 nitrogen and oxygen atoms in total. The van der Waals surface area contributed by atoms with Gasteiger partial charge in [0.15, 0.2) is 7.24 Å².